The second kappa shape index (κ2) is 10.9. The molecule has 0 radical (unpaired) electrons. The largest absolute Gasteiger partial charge is 0.508 e. The van der Waals surface area contributed by atoms with Gasteiger partial charge in [0.2, 0.25) is 23.6 Å². The van der Waals surface area contributed by atoms with Gasteiger partial charge in [-0.05, 0) is 54.3 Å². The summed E-state index contributed by atoms with van der Waals surface area (Å²) in [4.78, 5) is 55.5. The molecule has 0 aromatic heterocycles. The van der Waals surface area contributed by atoms with Gasteiger partial charge in [-0.2, -0.15) is 0 Å². The van der Waals surface area contributed by atoms with Crippen molar-refractivity contribution in [2.24, 2.45) is 0 Å². The Bertz CT molecular complexity index is 1290. The van der Waals surface area contributed by atoms with Crippen LogP contribution in [0.15, 0.2) is 42.5 Å². The summed E-state index contributed by atoms with van der Waals surface area (Å²) < 4.78 is 0. The molecule has 0 saturated carbocycles. The van der Waals surface area contributed by atoms with E-state index in [0.29, 0.717) is 29.5 Å². The number of nitrogens with one attached hydrogen (secondary N) is 2. The number of phenolic OH excluding ortho intramolecular Hbond substituents is 1. The van der Waals surface area contributed by atoms with Crippen molar-refractivity contribution in [3.05, 3.63) is 64.2 Å². The van der Waals surface area contributed by atoms with E-state index >= 15 is 0 Å². The lowest BCUT2D eigenvalue weighted by atomic mass is 9.92. The van der Waals surface area contributed by atoms with Crippen LogP contribution in [0.25, 0.3) is 0 Å². The average molecular weight is 557 g/mol. The number of fused-ring (bicyclic) bond motifs is 1. The van der Waals surface area contributed by atoms with E-state index < -0.39 is 18.1 Å². The van der Waals surface area contributed by atoms with E-state index in [-0.39, 0.29) is 48.4 Å². The summed E-state index contributed by atoms with van der Waals surface area (Å²) in [7, 11) is 0. The van der Waals surface area contributed by atoms with Gasteiger partial charge in [0, 0.05) is 30.2 Å². The first kappa shape index (κ1) is 26.4. The zero-order valence-corrected chi connectivity index (χ0v) is 22.4. The minimum Gasteiger partial charge on any atom is -0.508 e. The number of nitrogens with zero attached hydrogens (tertiary/aromatic N) is 2. The number of hydrogen-bond donors (Lipinski definition) is 3. The normalized spacial score (nSPS) is 23.5. The molecule has 0 aliphatic carbocycles. The number of carbonyl (C=O) groups is 4. The van der Waals surface area contributed by atoms with Gasteiger partial charge in [0.05, 0.1) is 11.9 Å². The average Bonchev–Trinajstić information content (AvgIpc) is 3.56. The maximum absolute atomic E-state index is 14.0. The molecule has 0 bridgehead atoms. The molecule has 9 nitrogen and oxygen atoms in total. The van der Waals surface area contributed by atoms with E-state index in [9.17, 15) is 24.3 Å². The van der Waals surface area contributed by atoms with Crippen LogP contribution in [0, 0.1) is 0 Å². The molecule has 2 saturated heterocycles. The van der Waals surface area contributed by atoms with E-state index in [4.69, 9.17) is 11.6 Å². The quantitative estimate of drug-likeness (QED) is 0.520. The molecule has 3 aliphatic rings. The number of carbonyl (C=O) groups excluding carboxylic acids is 4. The smallest absolute Gasteiger partial charge is 0.247 e. The number of hydrogen-bond acceptors (Lipinski definition) is 6. The molecule has 3 aliphatic heterocycles. The third-order valence-electron chi connectivity index (χ3n) is 7.36. The Labute approximate surface area is 229 Å². The Hall–Kier alpha value is -3.24. The molecule has 2 aromatic rings. The Morgan fingerprint density at radius 1 is 1.11 bits per heavy atom. The summed E-state index contributed by atoms with van der Waals surface area (Å²) in [5.41, 5.74) is 2.47. The van der Waals surface area contributed by atoms with Crippen LogP contribution in [-0.2, 0) is 32.1 Å². The van der Waals surface area contributed by atoms with E-state index in [2.05, 4.69) is 10.6 Å². The predicted octanol–water partition coefficient (Wildman–Crippen LogP) is 2.36. The third kappa shape index (κ3) is 5.33. The molecule has 0 spiro atoms. The highest BCUT2D eigenvalue weighted by atomic mass is 35.5. The van der Waals surface area contributed by atoms with Crippen molar-refractivity contribution in [2.45, 2.75) is 56.9 Å². The molecule has 3 heterocycles. The van der Waals surface area contributed by atoms with Gasteiger partial charge >= 0.3 is 0 Å². The van der Waals surface area contributed by atoms with Crippen molar-refractivity contribution in [1.29, 1.82) is 0 Å². The fourth-order valence-electron chi connectivity index (χ4n) is 5.26. The summed E-state index contributed by atoms with van der Waals surface area (Å²) in [5, 5.41) is 16.3. The maximum Gasteiger partial charge on any atom is 0.247 e. The van der Waals surface area contributed by atoms with Gasteiger partial charge in [0.1, 0.15) is 23.9 Å². The second-order valence-corrected chi connectivity index (χ2v) is 11.3. The van der Waals surface area contributed by atoms with Gasteiger partial charge in [-0.1, -0.05) is 29.8 Å². The zero-order chi connectivity index (χ0) is 27.0. The lowest BCUT2D eigenvalue weighted by molar-refractivity contribution is -0.149. The van der Waals surface area contributed by atoms with Gasteiger partial charge in [-0.25, -0.2) is 0 Å². The fraction of sp³-hybridized carbons (Fsp3) is 0.407. The molecule has 11 heteroatoms. The van der Waals surface area contributed by atoms with Gasteiger partial charge in [0.15, 0.2) is 0 Å². The molecular weight excluding hydrogens is 528 g/mol. The Morgan fingerprint density at radius 2 is 1.92 bits per heavy atom. The molecule has 5 rings (SSSR count). The second-order valence-electron chi connectivity index (χ2n) is 9.91. The standard InChI is InChI=1S/C27H29ClN4O5S/c1-15(16-3-2-4-19(28)9-16)29-25(35)22-11-18-10-20(33)6-5-17(18)12-31(22)27(37)23-13-38-14-32(23)26(36)21-7-8-24(34)30-21/h2-6,9-10,15,21-23,33H,7-8,11-14H2,1H3,(H,29,35)(H,30,34)/t15-,21-,22?,23+/m1/s1. The van der Waals surface area contributed by atoms with E-state index in [1.807, 2.05) is 19.1 Å². The highest BCUT2D eigenvalue weighted by molar-refractivity contribution is 7.99. The molecule has 4 amide bonds. The molecular formula is C27H29ClN4O5S. The summed E-state index contributed by atoms with van der Waals surface area (Å²) in [6.45, 7) is 2.03. The Morgan fingerprint density at radius 3 is 2.66 bits per heavy atom. The van der Waals surface area contributed by atoms with Gasteiger partial charge in [-0.3, -0.25) is 19.2 Å². The monoisotopic (exact) mass is 556 g/mol. The zero-order valence-electron chi connectivity index (χ0n) is 20.9. The first-order chi connectivity index (χ1) is 18.2. The molecule has 1 unspecified atom stereocenters. The number of aromatic hydroxyl groups is 1. The lowest BCUT2D eigenvalue weighted by Crippen LogP contribution is -2.59. The van der Waals surface area contributed by atoms with E-state index in [0.717, 1.165) is 16.7 Å². The summed E-state index contributed by atoms with van der Waals surface area (Å²) >= 11 is 7.61. The van der Waals surface area contributed by atoms with Crippen LogP contribution in [-0.4, -0.2) is 68.3 Å². The number of phenols is 1. The van der Waals surface area contributed by atoms with Crippen LogP contribution >= 0.6 is 23.4 Å². The molecule has 2 aromatic carbocycles. The highest BCUT2D eigenvalue weighted by Gasteiger charge is 2.44. The van der Waals surface area contributed by atoms with Crippen molar-refractivity contribution < 1.29 is 24.3 Å². The van der Waals surface area contributed by atoms with Crippen LogP contribution in [0.5, 0.6) is 5.75 Å². The molecule has 4 atom stereocenters. The summed E-state index contributed by atoms with van der Waals surface area (Å²) in [5.74, 6) is -0.206. The molecule has 38 heavy (non-hydrogen) atoms. The van der Waals surface area contributed by atoms with Crippen molar-refractivity contribution in [2.75, 3.05) is 11.6 Å². The van der Waals surface area contributed by atoms with Crippen LogP contribution in [0.2, 0.25) is 5.02 Å². The van der Waals surface area contributed by atoms with Crippen molar-refractivity contribution in [1.82, 2.24) is 20.4 Å². The first-order valence-corrected chi connectivity index (χ1v) is 14.1. The number of amides is 4. The number of halogens is 1. The first-order valence-electron chi connectivity index (χ1n) is 12.6. The minimum absolute atomic E-state index is 0.0950. The summed E-state index contributed by atoms with van der Waals surface area (Å²) in [6, 6.07) is 9.63. The van der Waals surface area contributed by atoms with Crippen LogP contribution in [0.3, 0.4) is 0 Å². The van der Waals surface area contributed by atoms with Crippen LogP contribution in [0.1, 0.15) is 42.5 Å². The number of thioether (sulfide) groups is 1. The lowest BCUT2D eigenvalue weighted by Gasteiger charge is -2.39. The Balaban J connectivity index is 1.39. The molecule has 2 fully saturated rings. The van der Waals surface area contributed by atoms with E-state index in [1.165, 1.54) is 16.7 Å². The highest BCUT2D eigenvalue weighted by Crippen LogP contribution is 2.31. The third-order valence-corrected chi connectivity index (χ3v) is 8.60. The fourth-order valence-corrected chi connectivity index (χ4v) is 6.61. The van der Waals surface area contributed by atoms with Gasteiger partial charge < -0.3 is 25.5 Å². The summed E-state index contributed by atoms with van der Waals surface area (Å²) in [6.07, 6.45) is 0.932. The van der Waals surface area contributed by atoms with Crippen molar-refractivity contribution >= 4 is 47.0 Å². The van der Waals surface area contributed by atoms with Crippen molar-refractivity contribution in [3.63, 3.8) is 0 Å². The minimum atomic E-state index is -0.827. The SMILES string of the molecule is C[C@@H](NC(=O)C1Cc2cc(O)ccc2CN1C(=O)[C@@H]1CSCN1C(=O)[C@H]1CCC(=O)N1)c1cccc(Cl)c1. The topological polar surface area (TPSA) is 119 Å². The van der Waals surface area contributed by atoms with E-state index in [1.54, 1.807) is 35.2 Å². The Kier molecular flexibility index (Phi) is 7.54. The van der Waals surface area contributed by atoms with Crippen molar-refractivity contribution in [3.8, 4) is 5.75 Å². The molecule has 200 valence electrons. The number of rotatable bonds is 5. The predicted molar refractivity (Wildman–Crippen MR) is 143 cm³/mol. The van der Waals surface area contributed by atoms with Gasteiger partial charge in [0.25, 0.3) is 0 Å². The number of benzene rings is 2. The van der Waals surface area contributed by atoms with Crippen LogP contribution < -0.4 is 10.6 Å². The van der Waals surface area contributed by atoms with Crippen LogP contribution in [0.4, 0.5) is 0 Å². The maximum atomic E-state index is 14.0. The van der Waals surface area contributed by atoms with Gasteiger partial charge in [-0.15, -0.1) is 11.8 Å². The molecule has 3 N–H and O–H groups in total.